The molecule has 0 atom stereocenters. The Morgan fingerprint density at radius 2 is 1.47 bits per heavy atom. The van der Waals surface area contributed by atoms with Crippen molar-refractivity contribution < 1.29 is 24.2 Å². The van der Waals surface area contributed by atoms with Crippen LogP contribution >= 0.6 is 0 Å². The zero-order chi connectivity index (χ0) is 20.8. The van der Waals surface area contributed by atoms with Gasteiger partial charge in [-0.1, -0.05) is 54.6 Å². The fourth-order valence-corrected chi connectivity index (χ4v) is 4.19. The molecule has 0 saturated heterocycles. The van der Waals surface area contributed by atoms with E-state index in [1.807, 2.05) is 48.5 Å². The van der Waals surface area contributed by atoms with Gasteiger partial charge in [0.2, 0.25) is 0 Å². The van der Waals surface area contributed by atoms with E-state index in [2.05, 4.69) is 0 Å². The second-order valence-electron chi connectivity index (χ2n) is 7.01. The molecule has 0 saturated carbocycles. The highest BCUT2D eigenvalue weighted by Gasteiger charge is 2.22. The van der Waals surface area contributed by atoms with Crippen LogP contribution in [-0.4, -0.2) is 24.3 Å². The molecule has 0 aliphatic heterocycles. The Morgan fingerprint density at radius 1 is 0.767 bits per heavy atom. The van der Waals surface area contributed by atoms with Crippen molar-refractivity contribution in [2.75, 3.05) is 7.11 Å². The van der Waals surface area contributed by atoms with Crippen molar-refractivity contribution in [3.8, 4) is 16.9 Å². The Hall–Kier alpha value is -4.12. The van der Waals surface area contributed by atoms with Gasteiger partial charge in [0, 0.05) is 16.3 Å². The van der Waals surface area contributed by atoms with E-state index in [0.717, 1.165) is 26.9 Å². The summed E-state index contributed by atoms with van der Waals surface area (Å²) in [6, 6.07) is 22.7. The molecule has 0 heterocycles. The lowest BCUT2D eigenvalue weighted by molar-refractivity contribution is 0.0601. The highest BCUT2D eigenvalue weighted by Crippen LogP contribution is 2.45. The minimum absolute atomic E-state index is 0.199. The van der Waals surface area contributed by atoms with Crippen LogP contribution in [-0.2, 0) is 4.74 Å². The topological polar surface area (TPSA) is 72.8 Å². The Labute approximate surface area is 171 Å². The molecule has 0 aromatic heterocycles. The molecule has 5 nitrogen and oxygen atoms in total. The fraction of sp³-hybridized carbons (Fsp3) is 0.0400. The third-order valence-electron chi connectivity index (χ3n) is 5.41. The number of carbonyl (C=O) groups is 2. The van der Waals surface area contributed by atoms with Gasteiger partial charge in [-0.05, 0) is 45.3 Å². The van der Waals surface area contributed by atoms with Crippen molar-refractivity contribution in [2.24, 2.45) is 0 Å². The van der Waals surface area contributed by atoms with E-state index < -0.39 is 12.1 Å². The SMILES string of the molecule is COC(=O)c1ccccc1-c1cc2ccc3cccc4ccc(c1OC(=O)O)c2c34. The largest absolute Gasteiger partial charge is 0.511 e. The van der Waals surface area contributed by atoms with Gasteiger partial charge >= 0.3 is 12.1 Å². The van der Waals surface area contributed by atoms with Crippen molar-refractivity contribution in [2.45, 2.75) is 0 Å². The van der Waals surface area contributed by atoms with Gasteiger partial charge in [-0.15, -0.1) is 0 Å². The zero-order valence-electron chi connectivity index (χ0n) is 16.0. The van der Waals surface area contributed by atoms with Crippen LogP contribution in [0.25, 0.3) is 43.4 Å². The van der Waals surface area contributed by atoms with Crippen LogP contribution in [0.2, 0.25) is 0 Å². The van der Waals surface area contributed by atoms with Crippen molar-refractivity contribution >= 4 is 44.4 Å². The molecule has 0 bridgehead atoms. The van der Waals surface area contributed by atoms with Crippen LogP contribution < -0.4 is 4.74 Å². The standard InChI is InChI=1S/C25H16O5/c1-29-24(26)18-8-3-2-7-17(18)20-13-16-10-9-14-5-4-6-15-11-12-19(22(16)21(14)15)23(20)30-25(27)28/h2-13H,1H3,(H,27,28). The molecule has 5 heteroatoms. The second kappa shape index (κ2) is 6.74. The zero-order valence-corrected chi connectivity index (χ0v) is 16.0. The van der Waals surface area contributed by atoms with Crippen LogP contribution in [0.5, 0.6) is 5.75 Å². The van der Waals surface area contributed by atoms with Crippen LogP contribution in [0.4, 0.5) is 4.79 Å². The first kappa shape index (κ1) is 17.9. The molecule has 0 fully saturated rings. The van der Waals surface area contributed by atoms with Crippen LogP contribution in [0.15, 0.2) is 72.8 Å². The molecule has 5 aromatic carbocycles. The first-order chi connectivity index (χ1) is 14.6. The third kappa shape index (κ3) is 2.63. The average molecular weight is 396 g/mol. The summed E-state index contributed by atoms with van der Waals surface area (Å²) in [6.07, 6.45) is -1.41. The summed E-state index contributed by atoms with van der Waals surface area (Å²) in [7, 11) is 1.31. The Bertz CT molecular complexity index is 1440. The Kier molecular flexibility index (Phi) is 4.03. The number of carbonyl (C=O) groups excluding carboxylic acids is 1. The summed E-state index contributed by atoms with van der Waals surface area (Å²) >= 11 is 0. The van der Waals surface area contributed by atoms with Crippen LogP contribution in [0.3, 0.4) is 0 Å². The van der Waals surface area contributed by atoms with Gasteiger partial charge in [-0.3, -0.25) is 0 Å². The average Bonchev–Trinajstić information content (AvgIpc) is 2.77. The first-order valence-corrected chi connectivity index (χ1v) is 9.37. The predicted octanol–water partition coefficient (Wildman–Crippen LogP) is 6.09. The lowest BCUT2D eigenvalue weighted by Crippen LogP contribution is -2.07. The lowest BCUT2D eigenvalue weighted by Gasteiger charge is -2.18. The number of hydrogen-bond acceptors (Lipinski definition) is 4. The maximum absolute atomic E-state index is 12.4. The Morgan fingerprint density at radius 3 is 2.20 bits per heavy atom. The number of methoxy groups -OCH3 is 1. The van der Waals surface area contributed by atoms with Gasteiger partial charge in [0.15, 0.2) is 0 Å². The molecule has 5 rings (SSSR count). The molecular weight excluding hydrogens is 380 g/mol. The fourth-order valence-electron chi connectivity index (χ4n) is 4.19. The molecule has 1 N–H and O–H groups in total. The number of ether oxygens (including phenoxy) is 2. The van der Waals surface area contributed by atoms with Gasteiger partial charge in [0.25, 0.3) is 0 Å². The normalized spacial score (nSPS) is 11.2. The monoisotopic (exact) mass is 396 g/mol. The van der Waals surface area contributed by atoms with E-state index in [4.69, 9.17) is 9.47 Å². The summed E-state index contributed by atoms with van der Waals surface area (Å²) in [4.78, 5) is 23.9. The Balaban J connectivity index is 1.94. The van der Waals surface area contributed by atoms with Crippen molar-refractivity contribution in [3.05, 3.63) is 78.4 Å². The third-order valence-corrected chi connectivity index (χ3v) is 5.41. The molecule has 0 aliphatic carbocycles. The second-order valence-corrected chi connectivity index (χ2v) is 7.01. The summed E-state index contributed by atoms with van der Waals surface area (Å²) in [6.45, 7) is 0. The van der Waals surface area contributed by atoms with Gasteiger partial charge in [0.1, 0.15) is 5.75 Å². The molecule has 0 spiro atoms. The van der Waals surface area contributed by atoms with Crippen molar-refractivity contribution in [3.63, 3.8) is 0 Å². The predicted molar refractivity (Wildman–Crippen MR) is 116 cm³/mol. The molecule has 0 aliphatic rings. The quantitative estimate of drug-likeness (QED) is 0.227. The number of esters is 1. The van der Waals surface area contributed by atoms with E-state index in [-0.39, 0.29) is 5.75 Å². The highest BCUT2D eigenvalue weighted by molar-refractivity contribution is 6.25. The van der Waals surface area contributed by atoms with E-state index in [9.17, 15) is 14.7 Å². The minimum Gasteiger partial charge on any atom is -0.465 e. The maximum Gasteiger partial charge on any atom is 0.511 e. The number of carboxylic acid groups (broad SMARTS) is 1. The molecular formula is C25H16O5. The minimum atomic E-state index is -1.41. The van der Waals surface area contributed by atoms with Gasteiger partial charge in [-0.2, -0.15) is 0 Å². The first-order valence-electron chi connectivity index (χ1n) is 9.37. The summed E-state index contributed by atoms with van der Waals surface area (Å²) in [5.74, 6) is -0.304. The number of hydrogen-bond donors (Lipinski definition) is 1. The molecule has 30 heavy (non-hydrogen) atoms. The number of benzene rings is 5. The van der Waals surface area contributed by atoms with Gasteiger partial charge < -0.3 is 14.6 Å². The number of rotatable bonds is 3. The molecule has 5 aromatic rings. The van der Waals surface area contributed by atoms with E-state index in [0.29, 0.717) is 22.1 Å². The van der Waals surface area contributed by atoms with Crippen molar-refractivity contribution in [1.29, 1.82) is 0 Å². The molecule has 0 unspecified atom stereocenters. The molecule has 146 valence electrons. The lowest BCUT2D eigenvalue weighted by atomic mass is 9.89. The molecule has 0 amide bonds. The smallest absolute Gasteiger partial charge is 0.465 e. The van der Waals surface area contributed by atoms with Crippen LogP contribution in [0, 0.1) is 0 Å². The van der Waals surface area contributed by atoms with Gasteiger partial charge in [-0.25, -0.2) is 9.59 Å². The summed E-state index contributed by atoms with van der Waals surface area (Å²) < 4.78 is 10.2. The summed E-state index contributed by atoms with van der Waals surface area (Å²) in [5.41, 5.74) is 1.40. The highest BCUT2D eigenvalue weighted by atomic mass is 16.7. The van der Waals surface area contributed by atoms with E-state index in [1.54, 1.807) is 24.3 Å². The maximum atomic E-state index is 12.4. The van der Waals surface area contributed by atoms with Crippen molar-refractivity contribution in [1.82, 2.24) is 0 Å². The van der Waals surface area contributed by atoms with Crippen LogP contribution in [0.1, 0.15) is 10.4 Å². The van der Waals surface area contributed by atoms with E-state index in [1.165, 1.54) is 7.11 Å². The van der Waals surface area contributed by atoms with Gasteiger partial charge in [0.05, 0.1) is 12.7 Å². The molecule has 0 radical (unpaired) electrons. The van der Waals surface area contributed by atoms with E-state index >= 15 is 0 Å². The summed E-state index contributed by atoms with van der Waals surface area (Å²) in [5, 5.41) is 15.2.